The van der Waals surface area contributed by atoms with Crippen LogP contribution in [0.2, 0.25) is 7.25 Å². The molecule has 2 fully saturated rings. The van der Waals surface area contributed by atoms with Gasteiger partial charge in [-0.3, -0.25) is 0 Å². The average molecular weight is 698 g/mol. The Balaban J connectivity index is 1.43. The van der Waals surface area contributed by atoms with Crippen molar-refractivity contribution in [2.45, 2.75) is 92.6 Å². The Morgan fingerprint density at radius 2 is 0.870 bits per heavy atom. The molecule has 0 radical (unpaired) electrons. The molecule has 0 N–H and O–H groups in total. The molecular formula is C44H50SiZr. The zero-order chi connectivity index (χ0) is 31.3. The second-order valence-corrected chi connectivity index (χ2v) is 40.9. The van der Waals surface area contributed by atoms with Gasteiger partial charge in [0, 0.05) is 0 Å². The van der Waals surface area contributed by atoms with Crippen molar-refractivity contribution in [3.8, 4) is 22.3 Å². The first-order valence-electron chi connectivity index (χ1n) is 18.3. The topological polar surface area (TPSA) is 0 Å². The monoisotopic (exact) mass is 696 g/mol. The van der Waals surface area contributed by atoms with Crippen molar-refractivity contribution in [2.75, 3.05) is 0 Å². The van der Waals surface area contributed by atoms with Crippen molar-refractivity contribution >= 4 is 19.0 Å². The van der Waals surface area contributed by atoms with Gasteiger partial charge in [0.05, 0.1) is 0 Å². The Morgan fingerprint density at radius 3 is 1.26 bits per heavy atom. The van der Waals surface area contributed by atoms with Gasteiger partial charge in [0.1, 0.15) is 0 Å². The van der Waals surface area contributed by atoms with Crippen molar-refractivity contribution in [3.63, 3.8) is 0 Å². The van der Waals surface area contributed by atoms with Gasteiger partial charge in [-0.2, -0.15) is 0 Å². The quantitative estimate of drug-likeness (QED) is 0.176. The summed E-state index contributed by atoms with van der Waals surface area (Å²) in [5.74, 6) is 0. The minimum absolute atomic E-state index is 0.615. The summed E-state index contributed by atoms with van der Waals surface area (Å²) in [6, 6.07) is 37.2. The SMILES string of the molecule is CC1=Cc2c(-c3ccccc3)cccc2[CH]1[Zr](=[SiH2])([CH]1CCCCC1)([CH]1CCCCC1)[CH]1C(C)=Cc2c(-c3ccccc3)cccc21. The number of hydrogen-bond donors (Lipinski definition) is 0. The Labute approximate surface area is 279 Å². The molecule has 2 unspecified atom stereocenters. The van der Waals surface area contributed by atoms with E-state index in [1.165, 1.54) is 97.6 Å². The van der Waals surface area contributed by atoms with Crippen LogP contribution in [0.3, 0.4) is 0 Å². The summed E-state index contributed by atoms with van der Waals surface area (Å²) in [5.41, 5.74) is 15.4. The van der Waals surface area contributed by atoms with Crippen molar-refractivity contribution in [1.29, 1.82) is 0 Å². The molecular weight excluding hydrogens is 648 g/mol. The molecule has 2 atom stereocenters. The number of allylic oxidation sites excluding steroid dienone is 2. The third-order valence-corrected chi connectivity index (χ3v) is 48.3. The van der Waals surface area contributed by atoms with Crippen LogP contribution in [0.15, 0.2) is 108 Å². The van der Waals surface area contributed by atoms with Crippen molar-refractivity contribution in [2.24, 2.45) is 0 Å². The number of fused-ring (bicyclic) bond motifs is 2. The summed E-state index contributed by atoms with van der Waals surface area (Å²) in [6.45, 7) is 7.86. The Kier molecular flexibility index (Phi) is 8.14. The Bertz CT molecular complexity index is 1740. The predicted molar refractivity (Wildman–Crippen MR) is 199 cm³/mol. The molecule has 0 aliphatic heterocycles. The molecule has 4 aliphatic carbocycles. The summed E-state index contributed by atoms with van der Waals surface area (Å²) in [7, 11) is 0. The molecule has 4 aromatic carbocycles. The van der Waals surface area contributed by atoms with Gasteiger partial charge in [-0.25, -0.2) is 0 Å². The summed E-state index contributed by atoms with van der Waals surface area (Å²) in [6.07, 6.45) is 19.7. The minimum atomic E-state index is -4.05. The van der Waals surface area contributed by atoms with Crippen LogP contribution in [0, 0.1) is 0 Å². The van der Waals surface area contributed by atoms with Crippen molar-refractivity contribution in [1.82, 2.24) is 0 Å². The van der Waals surface area contributed by atoms with E-state index in [0.717, 1.165) is 7.25 Å². The maximum atomic E-state index is 2.75. The van der Waals surface area contributed by atoms with Gasteiger partial charge in [0.25, 0.3) is 0 Å². The van der Waals surface area contributed by atoms with Crippen LogP contribution in [-0.4, -0.2) is 6.88 Å². The van der Waals surface area contributed by atoms with E-state index in [4.69, 9.17) is 0 Å². The van der Waals surface area contributed by atoms with Gasteiger partial charge in [-0.1, -0.05) is 0 Å². The third kappa shape index (κ3) is 4.60. The van der Waals surface area contributed by atoms with E-state index in [2.05, 4.69) is 130 Å². The predicted octanol–water partition coefficient (Wildman–Crippen LogP) is 12.4. The molecule has 0 bridgehead atoms. The standard InChI is InChI=1S/2C16H13.2C6H11.H2Si.Zr/c2*1-12-10-14-8-5-9-15(16(14)11-12)13-6-3-2-4-7-13;2*1-2-4-6-5-3-1;;/h2*2-11H,1H3;2*1H,2-6H2;1H2;. The molecule has 0 amide bonds. The van der Waals surface area contributed by atoms with E-state index in [1.54, 1.807) is 22.3 Å². The first-order valence-corrected chi connectivity index (χ1v) is 29.9. The first kappa shape index (κ1) is 30.8. The number of hydrogen-bond acceptors (Lipinski definition) is 0. The van der Waals surface area contributed by atoms with Crippen molar-refractivity contribution < 1.29 is 17.4 Å². The molecule has 46 heavy (non-hydrogen) atoms. The summed E-state index contributed by atoms with van der Waals surface area (Å²) in [4.78, 5) is 0. The van der Waals surface area contributed by atoms with E-state index in [1.807, 2.05) is 0 Å². The fraction of sp³-hybridized carbons (Fsp3) is 0.364. The van der Waals surface area contributed by atoms with Crippen molar-refractivity contribution in [3.05, 3.63) is 130 Å². The van der Waals surface area contributed by atoms with Crippen LogP contribution in [0.1, 0.15) is 108 Å². The second kappa shape index (κ2) is 12.2. The maximum absolute atomic E-state index is 4.05. The molecule has 2 saturated carbocycles. The third-order valence-electron chi connectivity index (χ3n) is 13.3. The van der Waals surface area contributed by atoms with Crippen LogP contribution in [0.25, 0.3) is 34.4 Å². The van der Waals surface area contributed by atoms with E-state index < -0.39 is 17.4 Å². The second-order valence-electron chi connectivity index (χ2n) is 15.5. The molecule has 0 nitrogen and oxygen atoms in total. The van der Waals surface area contributed by atoms with E-state index in [-0.39, 0.29) is 0 Å². The van der Waals surface area contributed by atoms with Gasteiger partial charge in [0.15, 0.2) is 0 Å². The van der Waals surface area contributed by atoms with E-state index >= 15 is 0 Å². The molecule has 4 aromatic rings. The van der Waals surface area contributed by atoms with E-state index in [0.29, 0.717) is 7.25 Å². The van der Waals surface area contributed by atoms with Crippen LogP contribution >= 0.6 is 0 Å². The van der Waals surface area contributed by atoms with Crippen LogP contribution in [0.4, 0.5) is 0 Å². The summed E-state index contributed by atoms with van der Waals surface area (Å²) < 4.78 is 3.03. The van der Waals surface area contributed by atoms with Gasteiger partial charge < -0.3 is 0 Å². The molecule has 0 heterocycles. The van der Waals surface area contributed by atoms with Gasteiger partial charge in [0.2, 0.25) is 0 Å². The van der Waals surface area contributed by atoms with Crippen LogP contribution in [-0.2, 0) is 17.4 Å². The fourth-order valence-electron chi connectivity index (χ4n) is 11.8. The van der Waals surface area contributed by atoms with Gasteiger partial charge in [-0.05, 0) is 0 Å². The Morgan fingerprint density at radius 1 is 0.478 bits per heavy atom. The summed E-state index contributed by atoms with van der Waals surface area (Å²) in [5, 5.41) is 0. The van der Waals surface area contributed by atoms with Gasteiger partial charge in [-0.15, -0.1) is 0 Å². The molecule has 8 rings (SSSR count). The molecule has 234 valence electrons. The van der Waals surface area contributed by atoms with Crippen LogP contribution < -0.4 is 0 Å². The zero-order valence-electron chi connectivity index (χ0n) is 28.0. The molecule has 0 spiro atoms. The molecule has 2 heteroatoms. The zero-order valence-corrected chi connectivity index (χ0v) is 31.9. The first-order chi connectivity index (χ1) is 22.5. The number of benzene rings is 4. The average Bonchev–Trinajstić information content (AvgIpc) is 3.66. The normalized spacial score (nSPS) is 22.2. The molecule has 4 aliphatic rings. The van der Waals surface area contributed by atoms with E-state index in [9.17, 15) is 0 Å². The molecule has 0 saturated heterocycles. The van der Waals surface area contributed by atoms with Gasteiger partial charge >= 0.3 is 282 Å². The fourth-order valence-corrected chi connectivity index (χ4v) is 49.9. The van der Waals surface area contributed by atoms with Crippen LogP contribution in [0.5, 0.6) is 0 Å². The number of rotatable bonds is 6. The summed E-state index contributed by atoms with van der Waals surface area (Å²) >= 11 is -4.05. The molecule has 0 aromatic heterocycles. The Hall–Kier alpha value is -2.54.